The second kappa shape index (κ2) is 7.78. The SMILES string of the molecule is O=C(O)CCc1ccc(NC(=O)OCc2ccccc2)cn1. The van der Waals surface area contributed by atoms with Gasteiger partial charge in [0.05, 0.1) is 18.3 Å². The van der Waals surface area contributed by atoms with Gasteiger partial charge in [-0.1, -0.05) is 30.3 Å². The molecule has 0 saturated carbocycles. The van der Waals surface area contributed by atoms with Crippen molar-refractivity contribution in [3.63, 3.8) is 0 Å². The van der Waals surface area contributed by atoms with Gasteiger partial charge in [-0.25, -0.2) is 4.79 Å². The number of carboxylic acids is 1. The predicted octanol–water partition coefficient (Wildman–Crippen LogP) is 2.85. The van der Waals surface area contributed by atoms with E-state index in [0.717, 1.165) is 5.56 Å². The van der Waals surface area contributed by atoms with E-state index in [1.807, 2.05) is 30.3 Å². The smallest absolute Gasteiger partial charge is 0.412 e. The number of carbonyl (C=O) groups excluding carboxylic acids is 1. The third kappa shape index (κ3) is 5.24. The molecule has 0 saturated heterocycles. The first-order valence-corrected chi connectivity index (χ1v) is 6.78. The van der Waals surface area contributed by atoms with Crippen LogP contribution < -0.4 is 5.32 Å². The number of carboxylic acid groups (broad SMARTS) is 1. The fraction of sp³-hybridized carbons (Fsp3) is 0.188. The quantitative estimate of drug-likeness (QED) is 0.856. The molecule has 0 aliphatic rings. The number of benzene rings is 1. The summed E-state index contributed by atoms with van der Waals surface area (Å²) in [5, 5.41) is 11.2. The minimum absolute atomic E-state index is 0.0267. The molecule has 0 fully saturated rings. The summed E-state index contributed by atoms with van der Waals surface area (Å²) in [5.41, 5.74) is 2.06. The summed E-state index contributed by atoms with van der Waals surface area (Å²) in [7, 11) is 0. The van der Waals surface area contributed by atoms with Gasteiger partial charge in [0.15, 0.2) is 0 Å². The molecular weight excluding hydrogens is 284 g/mol. The van der Waals surface area contributed by atoms with E-state index in [4.69, 9.17) is 9.84 Å². The van der Waals surface area contributed by atoms with E-state index >= 15 is 0 Å². The number of pyridine rings is 1. The van der Waals surface area contributed by atoms with Crippen LogP contribution in [0.2, 0.25) is 0 Å². The zero-order valence-corrected chi connectivity index (χ0v) is 11.9. The number of amides is 1. The third-order valence-electron chi connectivity index (χ3n) is 2.88. The van der Waals surface area contributed by atoms with Crippen molar-refractivity contribution in [3.8, 4) is 0 Å². The van der Waals surface area contributed by atoms with Crippen LogP contribution in [-0.2, 0) is 22.6 Å². The van der Waals surface area contributed by atoms with Crippen molar-refractivity contribution in [1.82, 2.24) is 4.98 Å². The number of aryl methyl sites for hydroxylation is 1. The van der Waals surface area contributed by atoms with Crippen molar-refractivity contribution in [2.45, 2.75) is 19.4 Å². The highest BCUT2D eigenvalue weighted by Crippen LogP contribution is 2.09. The van der Waals surface area contributed by atoms with Crippen LogP contribution in [0, 0.1) is 0 Å². The van der Waals surface area contributed by atoms with Crippen LogP contribution in [0.5, 0.6) is 0 Å². The number of ether oxygens (including phenoxy) is 1. The Labute approximate surface area is 127 Å². The third-order valence-corrected chi connectivity index (χ3v) is 2.88. The fourth-order valence-electron chi connectivity index (χ4n) is 1.76. The lowest BCUT2D eigenvalue weighted by Crippen LogP contribution is -2.13. The minimum atomic E-state index is -0.867. The Bertz CT molecular complexity index is 626. The summed E-state index contributed by atoms with van der Waals surface area (Å²) < 4.78 is 5.09. The standard InChI is InChI=1S/C16H16N2O4/c19-15(20)9-8-13-6-7-14(10-17-13)18-16(21)22-11-12-4-2-1-3-5-12/h1-7,10H,8-9,11H2,(H,18,21)(H,19,20). The molecule has 2 N–H and O–H groups in total. The lowest BCUT2D eigenvalue weighted by Gasteiger charge is -2.07. The van der Waals surface area contributed by atoms with Crippen LogP contribution in [0.3, 0.4) is 0 Å². The Kier molecular flexibility index (Phi) is 5.48. The molecule has 1 heterocycles. The molecule has 0 unspecified atom stereocenters. The van der Waals surface area contributed by atoms with E-state index < -0.39 is 12.1 Å². The molecule has 2 aromatic rings. The second-order valence-electron chi connectivity index (χ2n) is 4.62. The Hall–Kier alpha value is -2.89. The van der Waals surface area contributed by atoms with Gasteiger partial charge in [-0.05, 0) is 17.7 Å². The molecule has 0 spiro atoms. The Morgan fingerprint density at radius 2 is 1.91 bits per heavy atom. The summed E-state index contributed by atoms with van der Waals surface area (Å²) in [6.45, 7) is 0.191. The second-order valence-corrected chi connectivity index (χ2v) is 4.62. The molecule has 1 amide bonds. The van der Waals surface area contributed by atoms with Crippen molar-refractivity contribution in [2.75, 3.05) is 5.32 Å². The molecule has 2 rings (SSSR count). The Morgan fingerprint density at radius 3 is 2.55 bits per heavy atom. The van der Waals surface area contributed by atoms with Crippen molar-refractivity contribution in [3.05, 3.63) is 59.9 Å². The highest BCUT2D eigenvalue weighted by atomic mass is 16.5. The van der Waals surface area contributed by atoms with Crippen LogP contribution in [0.25, 0.3) is 0 Å². The number of hydrogen-bond acceptors (Lipinski definition) is 4. The van der Waals surface area contributed by atoms with Crippen LogP contribution in [0.4, 0.5) is 10.5 Å². The van der Waals surface area contributed by atoms with E-state index in [1.54, 1.807) is 12.1 Å². The van der Waals surface area contributed by atoms with Gasteiger partial charge in [0.25, 0.3) is 0 Å². The van der Waals surface area contributed by atoms with Crippen molar-refractivity contribution < 1.29 is 19.4 Å². The molecule has 0 radical (unpaired) electrons. The van der Waals surface area contributed by atoms with Gasteiger partial charge in [-0.2, -0.15) is 0 Å². The number of carbonyl (C=O) groups is 2. The minimum Gasteiger partial charge on any atom is -0.481 e. The topological polar surface area (TPSA) is 88.5 Å². The number of aromatic nitrogens is 1. The molecule has 1 aromatic carbocycles. The molecule has 6 heteroatoms. The van der Waals surface area contributed by atoms with E-state index in [9.17, 15) is 9.59 Å². The monoisotopic (exact) mass is 300 g/mol. The number of hydrogen-bond donors (Lipinski definition) is 2. The molecular formula is C16H16N2O4. The van der Waals surface area contributed by atoms with Crippen molar-refractivity contribution >= 4 is 17.7 Å². The van der Waals surface area contributed by atoms with Crippen molar-refractivity contribution in [2.24, 2.45) is 0 Å². The van der Waals surface area contributed by atoms with E-state index in [-0.39, 0.29) is 13.0 Å². The van der Waals surface area contributed by atoms with Crippen molar-refractivity contribution in [1.29, 1.82) is 0 Å². The molecule has 1 aromatic heterocycles. The first-order chi connectivity index (χ1) is 10.6. The van der Waals surface area contributed by atoms with Gasteiger partial charge >= 0.3 is 12.1 Å². The number of nitrogens with one attached hydrogen (secondary N) is 1. The number of aliphatic carboxylic acids is 1. The van der Waals surface area contributed by atoms with Gasteiger partial charge in [0.2, 0.25) is 0 Å². The molecule has 6 nitrogen and oxygen atoms in total. The molecule has 0 aliphatic heterocycles. The summed E-state index contributed by atoms with van der Waals surface area (Å²) >= 11 is 0. The summed E-state index contributed by atoms with van der Waals surface area (Å²) in [5.74, 6) is -0.867. The van der Waals surface area contributed by atoms with Gasteiger partial charge in [-0.15, -0.1) is 0 Å². The normalized spacial score (nSPS) is 10.0. The van der Waals surface area contributed by atoms with Gasteiger partial charge < -0.3 is 9.84 Å². The van der Waals surface area contributed by atoms with Gasteiger partial charge in [0, 0.05) is 12.1 Å². The van der Waals surface area contributed by atoms with Gasteiger partial charge in [-0.3, -0.25) is 15.1 Å². The van der Waals surface area contributed by atoms with Crippen LogP contribution in [0.15, 0.2) is 48.7 Å². The highest BCUT2D eigenvalue weighted by molar-refractivity contribution is 5.84. The summed E-state index contributed by atoms with van der Waals surface area (Å²) in [4.78, 5) is 26.2. The zero-order chi connectivity index (χ0) is 15.8. The molecule has 0 aliphatic carbocycles. The van der Waals surface area contributed by atoms with Gasteiger partial charge in [0.1, 0.15) is 6.61 Å². The molecule has 0 atom stereocenters. The van der Waals surface area contributed by atoms with E-state index in [2.05, 4.69) is 10.3 Å². The lowest BCUT2D eigenvalue weighted by molar-refractivity contribution is -0.136. The van der Waals surface area contributed by atoms with Crippen LogP contribution >= 0.6 is 0 Å². The fourth-order valence-corrected chi connectivity index (χ4v) is 1.76. The Balaban J connectivity index is 1.80. The lowest BCUT2D eigenvalue weighted by atomic mass is 10.2. The predicted molar refractivity (Wildman–Crippen MR) is 80.4 cm³/mol. The number of anilines is 1. The molecule has 22 heavy (non-hydrogen) atoms. The zero-order valence-electron chi connectivity index (χ0n) is 11.9. The number of rotatable bonds is 6. The average Bonchev–Trinajstić information content (AvgIpc) is 2.53. The van der Waals surface area contributed by atoms with E-state index in [0.29, 0.717) is 17.8 Å². The first kappa shape index (κ1) is 15.5. The molecule has 114 valence electrons. The molecule has 0 bridgehead atoms. The maximum absolute atomic E-state index is 11.6. The van der Waals surface area contributed by atoms with Crippen LogP contribution in [-0.4, -0.2) is 22.2 Å². The maximum Gasteiger partial charge on any atom is 0.412 e. The average molecular weight is 300 g/mol. The Morgan fingerprint density at radius 1 is 1.14 bits per heavy atom. The first-order valence-electron chi connectivity index (χ1n) is 6.78. The maximum atomic E-state index is 11.6. The number of nitrogens with zero attached hydrogens (tertiary/aromatic N) is 1. The summed E-state index contributed by atoms with van der Waals surface area (Å²) in [6, 6.07) is 12.7. The van der Waals surface area contributed by atoms with Crippen LogP contribution in [0.1, 0.15) is 17.7 Å². The largest absolute Gasteiger partial charge is 0.481 e. The summed E-state index contributed by atoms with van der Waals surface area (Å²) in [6.07, 6.45) is 1.29. The van der Waals surface area contributed by atoms with E-state index in [1.165, 1.54) is 6.20 Å². The highest BCUT2D eigenvalue weighted by Gasteiger charge is 2.05.